The fourth-order valence-corrected chi connectivity index (χ4v) is 4.94. The molecule has 1 N–H and O–H groups in total. The number of benzene rings is 2. The van der Waals surface area contributed by atoms with Gasteiger partial charge in [0.2, 0.25) is 5.91 Å². The van der Waals surface area contributed by atoms with Gasteiger partial charge >= 0.3 is 0 Å². The first-order valence-corrected chi connectivity index (χ1v) is 10.9. The second-order valence-electron chi connectivity index (χ2n) is 8.78. The largest absolute Gasteiger partial charge is 0.356 e. The van der Waals surface area contributed by atoms with Crippen molar-refractivity contribution in [1.29, 1.82) is 0 Å². The van der Waals surface area contributed by atoms with E-state index in [4.69, 9.17) is 0 Å². The quantitative estimate of drug-likeness (QED) is 0.734. The third-order valence-electron chi connectivity index (χ3n) is 6.52. The molecule has 0 unspecified atom stereocenters. The smallest absolute Gasteiger partial charge is 0.254 e. The van der Waals surface area contributed by atoms with Gasteiger partial charge in [0.05, 0.1) is 0 Å². The Morgan fingerprint density at radius 3 is 2.50 bits per heavy atom. The summed E-state index contributed by atoms with van der Waals surface area (Å²) in [5.41, 5.74) is 2.74. The van der Waals surface area contributed by atoms with Gasteiger partial charge in [-0.3, -0.25) is 9.59 Å². The van der Waals surface area contributed by atoms with Crippen LogP contribution in [-0.2, 0) is 17.8 Å². The average Bonchev–Trinajstić information content (AvgIpc) is 3.05. The van der Waals surface area contributed by atoms with Gasteiger partial charge in [-0.05, 0) is 54.0 Å². The molecule has 2 amide bonds. The van der Waals surface area contributed by atoms with Crippen molar-refractivity contribution in [1.82, 2.24) is 10.2 Å². The number of nitrogens with zero attached hydrogens (tertiary/aromatic N) is 1. The molecule has 4 rings (SSSR count). The van der Waals surface area contributed by atoms with Gasteiger partial charge in [-0.25, -0.2) is 4.39 Å². The summed E-state index contributed by atoms with van der Waals surface area (Å²) in [6.07, 6.45) is 6.52. The van der Waals surface area contributed by atoms with E-state index in [1.54, 1.807) is 12.1 Å². The Bertz CT molecular complexity index is 904. The third kappa shape index (κ3) is 4.72. The monoisotopic (exact) mass is 408 g/mol. The Morgan fingerprint density at radius 1 is 1.03 bits per heavy atom. The van der Waals surface area contributed by atoms with Crippen molar-refractivity contribution >= 4 is 11.8 Å². The van der Waals surface area contributed by atoms with Crippen LogP contribution in [0.5, 0.6) is 0 Å². The summed E-state index contributed by atoms with van der Waals surface area (Å²) in [5, 5.41) is 3.03. The van der Waals surface area contributed by atoms with Crippen molar-refractivity contribution in [3.8, 4) is 0 Å². The number of hydrogen-bond donors (Lipinski definition) is 1. The maximum atomic E-state index is 13.0. The Hall–Kier alpha value is -2.69. The van der Waals surface area contributed by atoms with Crippen LogP contribution in [0.15, 0.2) is 48.5 Å². The van der Waals surface area contributed by atoms with Gasteiger partial charge in [-0.15, -0.1) is 0 Å². The number of hydrogen-bond acceptors (Lipinski definition) is 2. The molecule has 0 saturated heterocycles. The van der Waals surface area contributed by atoms with E-state index >= 15 is 0 Å². The first-order chi connectivity index (χ1) is 14.5. The molecule has 1 heterocycles. The Kier molecular flexibility index (Phi) is 6.16. The fourth-order valence-electron chi connectivity index (χ4n) is 4.94. The Morgan fingerprint density at radius 2 is 1.77 bits per heavy atom. The van der Waals surface area contributed by atoms with E-state index in [2.05, 4.69) is 5.32 Å². The number of carbonyl (C=O) groups is 2. The fraction of sp³-hybridized carbons (Fsp3) is 0.440. The van der Waals surface area contributed by atoms with Crippen molar-refractivity contribution in [2.24, 2.45) is 5.41 Å². The minimum atomic E-state index is -0.249. The molecule has 0 radical (unpaired) electrons. The predicted octanol–water partition coefficient (Wildman–Crippen LogP) is 4.48. The molecule has 2 aromatic carbocycles. The van der Waals surface area contributed by atoms with E-state index in [-0.39, 0.29) is 23.0 Å². The van der Waals surface area contributed by atoms with Crippen LogP contribution in [0.3, 0.4) is 0 Å². The molecule has 2 aliphatic rings. The van der Waals surface area contributed by atoms with Gasteiger partial charge < -0.3 is 10.2 Å². The molecular formula is C25H29FN2O2. The van der Waals surface area contributed by atoms with Crippen LogP contribution in [0.2, 0.25) is 0 Å². The lowest BCUT2D eigenvalue weighted by molar-refractivity contribution is -0.124. The van der Waals surface area contributed by atoms with E-state index in [0.717, 1.165) is 42.4 Å². The molecule has 0 bridgehead atoms. The molecule has 4 nitrogen and oxygen atoms in total. The molecule has 158 valence electrons. The number of halogens is 1. The van der Waals surface area contributed by atoms with Gasteiger partial charge in [0.1, 0.15) is 5.82 Å². The zero-order valence-electron chi connectivity index (χ0n) is 17.3. The molecule has 30 heavy (non-hydrogen) atoms. The molecule has 1 aliphatic heterocycles. The molecule has 0 spiro atoms. The van der Waals surface area contributed by atoms with Crippen LogP contribution >= 0.6 is 0 Å². The summed E-state index contributed by atoms with van der Waals surface area (Å²) in [6.45, 7) is 1.82. The summed E-state index contributed by atoms with van der Waals surface area (Å²) in [4.78, 5) is 27.5. The molecule has 1 aliphatic carbocycles. The van der Waals surface area contributed by atoms with Crippen molar-refractivity contribution in [2.75, 3.05) is 13.1 Å². The van der Waals surface area contributed by atoms with Gasteiger partial charge in [-0.1, -0.05) is 49.6 Å². The summed E-state index contributed by atoms with van der Waals surface area (Å²) in [5.74, 6) is -0.115. The number of rotatable bonds is 7. The lowest BCUT2D eigenvalue weighted by Gasteiger charge is -2.39. The summed E-state index contributed by atoms with van der Waals surface area (Å²) >= 11 is 0. The minimum Gasteiger partial charge on any atom is -0.356 e. The molecule has 0 aromatic heterocycles. The van der Waals surface area contributed by atoms with Gasteiger partial charge in [-0.2, -0.15) is 0 Å². The van der Waals surface area contributed by atoms with Gasteiger partial charge in [0.25, 0.3) is 5.91 Å². The number of amides is 2. The Balaban J connectivity index is 1.35. The highest BCUT2D eigenvalue weighted by Crippen LogP contribution is 2.41. The maximum Gasteiger partial charge on any atom is 0.254 e. The van der Waals surface area contributed by atoms with E-state index in [0.29, 0.717) is 32.5 Å². The normalized spacial score (nSPS) is 17.6. The van der Waals surface area contributed by atoms with Crippen molar-refractivity contribution < 1.29 is 14.0 Å². The zero-order valence-corrected chi connectivity index (χ0v) is 17.3. The molecular weight excluding hydrogens is 379 g/mol. The lowest BCUT2D eigenvalue weighted by Crippen LogP contribution is -2.43. The predicted molar refractivity (Wildman–Crippen MR) is 114 cm³/mol. The molecule has 5 heteroatoms. The van der Waals surface area contributed by atoms with Crippen LogP contribution in [0, 0.1) is 11.2 Å². The summed E-state index contributed by atoms with van der Waals surface area (Å²) in [6, 6.07) is 14.2. The van der Waals surface area contributed by atoms with Crippen LogP contribution < -0.4 is 5.32 Å². The van der Waals surface area contributed by atoms with E-state index in [1.807, 2.05) is 29.2 Å². The minimum absolute atomic E-state index is 0.0446. The summed E-state index contributed by atoms with van der Waals surface area (Å²) in [7, 11) is 0. The third-order valence-corrected chi connectivity index (χ3v) is 6.52. The van der Waals surface area contributed by atoms with Crippen LogP contribution in [-0.4, -0.2) is 29.8 Å². The number of carbonyl (C=O) groups excluding carboxylic acids is 2. The molecule has 1 fully saturated rings. The van der Waals surface area contributed by atoms with Crippen molar-refractivity contribution in [2.45, 2.75) is 51.5 Å². The number of nitrogens with one attached hydrogen (secondary N) is 1. The Labute approximate surface area is 177 Å². The number of fused-ring (bicyclic) bond motifs is 1. The topological polar surface area (TPSA) is 49.4 Å². The average molecular weight is 409 g/mol. The molecule has 1 saturated carbocycles. The molecule has 0 atom stereocenters. The maximum absolute atomic E-state index is 13.0. The van der Waals surface area contributed by atoms with Crippen LogP contribution in [0.25, 0.3) is 0 Å². The van der Waals surface area contributed by atoms with E-state index < -0.39 is 0 Å². The highest BCUT2D eigenvalue weighted by molar-refractivity contribution is 5.98. The lowest BCUT2D eigenvalue weighted by atomic mass is 9.71. The van der Waals surface area contributed by atoms with Crippen molar-refractivity contribution in [3.05, 3.63) is 71.0 Å². The van der Waals surface area contributed by atoms with Gasteiger partial charge in [0.15, 0.2) is 0 Å². The van der Waals surface area contributed by atoms with Gasteiger partial charge in [0, 0.05) is 31.6 Å². The van der Waals surface area contributed by atoms with Crippen molar-refractivity contribution in [3.63, 3.8) is 0 Å². The highest BCUT2D eigenvalue weighted by atomic mass is 19.1. The van der Waals surface area contributed by atoms with Crippen LogP contribution in [0.1, 0.15) is 60.0 Å². The molecule has 2 aromatic rings. The second-order valence-corrected chi connectivity index (χ2v) is 8.78. The SMILES string of the molecule is O=C(CC1(CN2Cc3ccccc3C2=O)CCCCC1)NCCc1ccc(F)cc1. The van der Waals surface area contributed by atoms with E-state index in [9.17, 15) is 14.0 Å². The zero-order chi connectivity index (χ0) is 21.0. The van der Waals surface area contributed by atoms with E-state index in [1.165, 1.54) is 18.6 Å². The first kappa shape index (κ1) is 20.6. The first-order valence-electron chi connectivity index (χ1n) is 10.9. The highest BCUT2D eigenvalue weighted by Gasteiger charge is 2.39. The summed E-state index contributed by atoms with van der Waals surface area (Å²) < 4.78 is 13.0. The standard InChI is InChI=1S/C25H29FN2O2/c26-21-10-8-19(9-11-21)12-15-27-23(29)16-25(13-4-1-5-14-25)18-28-17-20-6-2-3-7-22(20)24(28)30/h2-3,6-11H,1,4-5,12-18H2,(H,27,29). The second kappa shape index (κ2) is 8.99. The van der Waals surface area contributed by atoms with Crippen LogP contribution in [0.4, 0.5) is 4.39 Å².